The van der Waals surface area contributed by atoms with Crippen LogP contribution < -0.4 is 10.1 Å². The number of likely N-dealkylation sites (N-methyl/N-ethyl adjacent to an activating group) is 1. The van der Waals surface area contributed by atoms with Crippen molar-refractivity contribution >= 4 is 5.91 Å². The maximum absolute atomic E-state index is 12.2. The smallest absolute Gasteiger partial charge is 0.251 e. The Morgan fingerprint density at radius 1 is 1.27 bits per heavy atom. The summed E-state index contributed by atoms with van der Waals surface area (Å²) in [7, 11) is 0. The fourth-order valence-corrected chi connectivity index (χ4v) is 2.19. The highest BCUT2D eigenvalue weighted by molar-refractivity contribution is 5.94. The summed E-state index contributed by atoms with van der Waals surface area (Å²) in [6, 6.07) is 7.86. The lowest BCUT2D eigenvalue weighted by molar-refractivity contribution is 0.0945. The highest BCUT2D eigenvalue weighted by atomic mass is 16.5. The van der Waals surface area contributed by atoms with Gasteiger partial charge in [0.05, 0.1) is 6.61 Å². The summed E-state index contributed by atoms with van der Waals surface area (Å²) in [4.78, 5) is 14.5. The zero-order chi connectivity index (χ0) is 16.5. The van der Waals surface area contributed by atoms with Crippen LogP contribution in [0, 0.1) is 5.92 Å². The van der Waals surface area contributed by atoms with Gasteiger partial charge in [-0.25, -0.2) is 0 Å². The Hall–Kier alpha value is -1.55. The van der Waals surface area contributed by atoms with E-state index in [-0.39, 0.29) is 5.91 Å². The van der Waals surface area contributed by atoms with Crippen LogP contribution in [0.2, 0.25) is 0 Å². The van der Waals surface area contributed by atoms with Crippen LogP contribution in [0.3, 0.4) is 0 Å². The molecule has 1 aromatic carbocycles. The van der Waals surface area contributed by atoms with Crippen molar-refractivity contribution in [2.75, 3.05) is 26.2 Å². The summed E-state index contributed by atoms with van der Waals surface area (Å²) in [5.74, 6) is 1.17. The molecule has 0 spiro atoms. The molecule has 124 valence electrons. The summed E-state index contributed by atoms with van der Waals surface area (Å²) in [6.07, 6.45) is 0. The van der Waals surface area contributed by atoms with Crippen molar-refractivity contribution in [3.05, 3.63) is 29.8 Å². The van der Waals surface area contributed by atoms with Crippen molar-refractivity contribution in [3.8, 4) is 5.75 Å². The van der Waals surface area contributed by atoms with E-state index in [1.807, 2.05) is 18.2 Å². The van der Waals surface area contributed by atoms with Crippen molar-refractivity contribution in [3.63, 3.8) is 0 Å². The molecule has 4 heteroatoms. The first kappa shape index (κ1) is 18.5. The summed E-state index contributed by atoms with van der Waals surface area (Å²) < 4.78 is 5.66. The SMILES string of the molecule is CCN(CCNC(=O)c1cccc(OCC(C)C)c1)C(C)C. The van der Waals surface area contributed by atoms with Crippen molar-refractivity contribution in [2.45, 2.75) is 40.7 Å². The van der Waals surface area contributed by atoms with Gasteiger partial charge in [-0.3, -0.25) is 9.69 Å². The van der Waals surface area contributed by atoms with E-state index in [2.05, 4.69) is 44.8 Å². The fourth-order valence-electron chi connectivity index (χ4n) is 2.19. The van der Waals surface area contributed by atoms with Gasteiger partial charge in [0, 0.05) is 24.7 Å². The van der Waals surface area contributed by atoms with Crippen LogP contribution in [0.4, 0.5) is 0 Å². The predicted octanol–water partition coefficient (Wildman–Crippen LogP) is 3.18. The number of carbonyl (C=O) groups excluding carboxylic acids is 1. The normalized spacial score (nSPS) is 11.3. The van der Waals surface area contributed by atoms with Crippen molar-refractivity contribution < 1.29 is 9.53 Å². The van der Waals surface area contributed by atoms with Gasteiger partial charge < -0.3 is 10.1 Å². The quantitative estimate of drug-likeness (QED) is 0.762. The number of rotatable bonds is 9. The molecule has 0 saturated carbocycles. The Balaban J connectivity index is 2.50. The number of benzene rings is 1. The number of nitrogens with zero attached hydrogens (tertiary/aromatic N) is 1. The van der Waals surface area contributed by atoms with E-state index in [1.165, 1.54) is 0 Å². The Kier molecular flexibility index (Phi) is 7.96. The number of hydrogen-bond acceptors (Lipinski definition) is 3. The van der Waals surface area contributed by atoms with Crippen molar-refractivity contribution in [1.29, 1.82) is 0 Å². The Bertz CT molecular complexity index is 458. The molecule has 0 aliphatic rings. The first-order chi connectivity index (χ1) is 10.4. The monoisotopic (exact) mass is 306 g/mol. The fraction of sp³-hybridized carbons (Fsp3) is 0.611. The molecular weight excluding hydrogens is 276 g/mol. The number of amides is 1. The average Bonchev–Trinajstić information content (AvgIpc) is 2.49. The minimum atomic E-state index is -0.0465. The molecule has 0 saturated heterocycles. The molecule has 0 unspecified atom stereocenters. The third-order valence-corrected chi connectivity index (χ3v) is 3.50. The second-order valence-electron chi connectivity index (χ2n) is 6.21. The van der Waals surface area contributed by atoms with Crippen LogP contribution in [0.1, 0.15) is 45.0 Å². The van der Waals surface area contributed by atoms with E-state index in [0.29, 0.717) is 30.7 Å². The van der Waals surface area contributed by atoms with E-state index in [4.69, 9.17) is 4.74 Å². The molecule has 0 aliphatic heterocycles. The van der Waals surface area contributed by atoms with Crippen LogP contribution in [0.25, 0.3) is 0 Å². The molecular formula is C18H30N2O2. The third kappa shape index (κ3) is 6.48. The van der Waals surface area contributed by atoms with Crippen molar-refractivity contribution in [1.82, 2.24) is 10.2 Å². The number of carbonyl (C=O) groups is 1. The Morgan fingerprint density at radius 2 is 2.00 bits per heavy atom. The predicted molar refractivity (Wildman–Crippen MR) is 91.5 cm³/mol. The van der Waals surface area contributed by atoms with Crippen LogP contribution in [0.5, 0.6) is 5.75 Å². The van der Waals surface area contributed by atoms with Gasteiger partial charge in [-0.05, 0) is 44.5 Å². The molecule has 22 heavy (non-hydrogen) atoms. The molecule has 0 atom stereocenters. The average molecular weight is 306 g/mol. The van der Waals surface area contributed by atoms with Gasteiger partial charge in [0.15, 0.2) is 0 Å². The molecule has 0 bridgehead atoms. The molecule has 0 aliphatic carbocycles. The van der Waals surface area contributed by atoms with Crippen LogP contribution >= 0.6 is 0 Å². The number of ether oxygens (including phenoxy) is 1. The van der Waals surface area contributed by atoms with Gasteiger partial charge in [0.2, 0.25) is 0 Å². The lowest BCUT2D eigenvalue weighted by Gasteiger charge is -2.24. The van der Waals surface area contributed by atoms with Gasteiger partial charge in [0.1, 0.15) is 5.75 Å². The third-order valence-electron chi connectivity index (χ3n) is 3.50. The minimum absolute atomic E-state index is 0.0465. The summed E-state index contributed by atoms with van der Waals surface area (Å²) >= 11 is 0. The highest BCUT2D eigenvalue weighted by Gasteiger charge is 2.09. The molecule has 0 aromatic heterocycles. The molecule has 4 nitrogen and oxygen atoms in total. The standard InChI is InChI=1S/C18H30N2O2/c1-6-20(15(4)5)11-10-19-18(21)16-8-7-9-17(12-16)22-13-14(2)3/h7-9,12,14-15H,6,10-11,13H2,1-5H3,(H,19,21). The topological polar surface area (TPSA) is 41.6 Å². The largest absolute Gasteiger partial charge is 0.493 e. The van der Waals surface area contributed by atoms with E-state index in [0.717, 1.165) is 18.8 Å². The molecule has 0 fully saturated rings. The molecule has 1 aromatic rings. The van der Waals surface area contributed by atoms with Gasteiger partial charge in [-0.1, -0.05) is 26.8 Å². The maximum atomic E-state index is 12.2. The zero-order valence-electron chi connectivity index (χ0n) is 14.6. The number of hydrogen-bond donors (Lipinski definition) is 1. The lowest BCUT2D eigenvalue weighted by Crippen LogP contribution is -2.38. The van der Waals surface area contributed by atoms with Crippen molar-refractivity contribution in [2.24, 2.45) is 5.92 Å². The van der Waals surface area contributed by atoms with Gasteiger partial charge in [-0.2, -0.15) is 0 Å². The van der Waals surface area contributed by atoms with Gasteiger partial charge in [0.25, 0.3) is 5.91 Å². The summed E-state index contributed by atoms with van der Waals surface area (Å²) in [6.45, 7) is 13.8. The number of nitrogens with one attached hydrogen (secondary N) is 1. The van der Waals surface area contributed by atoms with Crippen LogP contribution in [-0.4, -0.2) is 43.1 Å². The van der Waals surface area contributed by atoms with Gasteiger partial charge >= 0.3 is 0 Å². The second kappa shape index (κ2) is 9.46. The molecule has 0 heterocycles. The minimum Gasteiger partial charge on any atom is -0.493 e. The van der Waals surface area contributed by atoms with Crippen LogP contribution in [-0.2, 0) is 0 Å². The first-order valence-electron chi connectivity index (χ1n) is 8.19. The van der Waals surface area contributed by atoms with E-state index < -0.39 is 0 Å². The van der Waals surface area contributed by atoms with E-state index in [1.54, 1.807) is 6.07 Å². The molecule has 1 amide bonds. The molecule has 0 radical (unpaired) electrons. The lowest BCUT2D eigenvalue weighted by atomic mass is 10.2. The molecule has 1 rings (SSSR count). The summed E-state index contributed by atoms with van der Waals surface area (Å²) in [5.41, 5.74) is 0.647. The first-order valence-corrected chi connectivity index (χ1v) is 8.19. The van der Waals surface area contributed by atoms with E-state index in [9.17, 15) is 4.79 Å². The summed E-state index contributed by atoms with van der Waals surface area (Å²) in [5, 5.41) is 2.97. The zero-order valence-corrected chi connectivity index (χ0v) is 14.6. The highest BCUT2D eigenvalue weighted by Crippen LogP contribution is 2.14. The molecule has 1 N–H and O–H groups in total. The van der Waals surface area contributed by atoms with E-state index >= 15 is 0 Å². The maximum Gasteiger partial charge on any atom is 0.251 e. The Morgan fingerprint density at radius 3 is 2.59 bits per heavy atom. The second-order valence-corrected chi connectivity index (χ2v) is 6.21. The Labute approximate surface area is 134 Å². The van der Waals surface area contributed by atoms with Crippen LogP contribution in [0.15, 0.2) is 24.3 Å². The van der Waals surface area contributed by atoms with Gasteiger partial charge in [-0.15, -0.1) is 0 Å².